The first kappa shape index (κ1) is 8.39. The Morgan fingerprint density at radius 3 is 3.08 bits per heavy atom. The van der Waals surface area contributed by atoms with Crippen molar-refractivity contribution in [2.45, 2.75) is 12.3 Å². The molecule has 0 amide bonds. The molecule has 0 unspecified atom stereocenters. The molecule has 1 nitrogen and oxygen atoms in total. The minimum atomic E-state index is 0.568. The fourth-order valence-electron chi connectivity index (χ4n) is 1.45. The average molecular weight is 248 g/mol. The minimum absolute atomic E-state index is 0.568. The zero-order chi connectivity index (χ0) is 8.55. The summed E-state index contributed by atoms with van der Waals surface area (Å²) in [5.74, 6) is 1.55. The Morgan fingerprint density at radius 2 is 2.33 bits per heavy atom. The fourth-order valence-corrected chi connectivity index (χ4v) is 2.19. The number of hydrogen-bond donors (Lipinski definition) is 0. The van der Waals surface area contributed by atoms with E-state index in [9.17, 15) is 0 Å². The van der Waals surface area contributed by atoms with Gasteiger partial charge in [-0.1, -0.05) is 6.07 Å². The number of ether oxygens (including phenoxy) is 1. The topological polar surface area (TPSA) is 9.23 Å². The first-order chi connectivity index (χ1) is 5.83. The lowest BCUT2D eigenvalue weighted by Gasteiger charge is -2.05. The van der Waals surface area contributed by atoms with E-state index >= 15 is 0 Å². The molecule has 0 radical (unpaired) electrons. The summed E-state index contributed by atoms with van der Waals surface area (Å²) in [5, 5.41) is 0. The molecule has 3 heteroatoms. The van der Waals surface area contributed by atoms with Crippen LogP contribution in [0.3, 0.4) is 0 Å². The van der Waals surface area contributed by atoms with Crippen LogP contribution >= 0.6 is 27.5 Å². The molecular formula is C9H8BrClO. The van der Waals surface area contributed by atoms with Crippen LogP contribution in [-0.2, 0) is 12.3 Å². The van der Waals surface area contributed by atoms with Crippen molar-refractivity contribution in [2.75, 3.05) is 6.61 Å². The van der Waals surface area contributed by atoms with Crippen LogP contribution in [0, 0.1) is 0 Å². The van der Waals surface area contributed by atoms with Crippen LogP contribution < -0.4 is 4.74 Å². The molecule has 1 heterocycles. The largest absolute Gasteiger partial charge is 0.492 e. The SMILES string of the molecule is ClCc1ccc(Br)c2c1CCO2. The molecule has 0 fully saturated rings. The van der Waals surface area contributed by atoms with Gasteiger partial charge in [0.1, 0.15) is 5.75 Å². The Balaban J connectivity index is 2.57. The van der Waals surface area contributed by atoms with Crippen molar-refractivity contribution < 1.29 is 4.74 Å². The van der Waals surface area contributed by atoms with E-state index in [1.165, 1.54) is 11.1 Å². The van der Waals surface area contributed by atoms with Crippen LogP contribution in [0.15, 0.2) is 16.6 Å². The number of rotatable bonds is 1. The molecule has 1 aromatic carbocycles. The highest BCUT2D eigenvalue weighted by molar-refractivity contribution is 9.10. The predicted octanol–water partition coefficient (Wildman–Crippen LogP) is 3.12. The third kappa shape index (κ3) is 1.23. The molecule has 1 aromatic rings. The van der Waals surface area contributed by atoms with E-state index in [0.29, 0.717) is 5.88 Å². The van der Waals surface area contributed by atoms with Gasteiger partial charge in [0, 0.05) is 17.9 Å². The van der Waals surface area contributed by atoms with Gasteiger partial charge in [0.2, 0.25) is 0 Å². The number of halogens is 2. The summed E-state index contributed by atoms with van der Waals surface area (Å²) in [7, 11) is 0. The summed E-state index contributed by atoms with van der Waals surface area (Å²) in [6.07, 6.45) is 0.983. The van der Waals surface area contributed by atoms with Crippen LogP contribution in [-0.4, -0.2) is 6.61 Å². The van der Waals surface area contributed by atoms with Crippen LogP contribution in [0.25, 0.3) is 0 Å². The average Bonchev–Trinajstić information content (AvgIpc) is 2.54. The lowest BCUT2D eigenvalue weighted by Crippen LogP contribution is -1.87. The van der Waals surface area contributed by atoms with E-state index in [1.54, 1.807) is 0 Å². The van der Waals surface area contributed by atoms with E-state index < -0.39 is 0 Å². The third-order valence-corrected chi connectivity index (χ3v) is 2.96. The Labute approximate surface area is 84.8 Å². The van der Waals surface area contributed by atoms with E-state index in [4.69, 9.17) is 16.3 Å². The number of fused-ring (bicyclic) bond motifs is 1. The van der Waals surface area contributed by atoms with Gasteiger partial charge < -0.3 is 4.74 Å². The van der Waals surface area contributed by atoms with Crippen LogP contribution in [0.1, 0.15) is 11.1 Å². The molecule has 1 aliphatic heterocycles. The van der Waals surface area contributed by atoms with Crippen molar-refractivity contribution in [2.24, 2.45) is 0 Å². The van der Waals surface area contributed by atoms with Crippen molar-refractivity contribution in [3.8, 4) is 5.75 Å². The molecule has 0 aromatic heterocycles. The summed E-state index contributed by atoms with van der Waals surface area (Å²) in [4.78, 5) is 0. The summed E-state index contributed by atoms with van der Waals surface area (Å²) in [6.45, 7) is 0.780. The normalized spacial score (nSPS) is 14.2. The second-order valence-corrected chi connectivity index (χ2v) is 3.87. The van der Waals surface area contributed by atoms with Gasteiger partial charge >= 0.3 is 0 Å². The van der Waals surface area contributed by atoms with Gasteiger partial charge in [-0.15, -0.1) is 11.6 Å². The van der Waals surface area contributed by atoms with Crippen molar-refractivity contribution in [1.82, 2.24) is 0 Å². The molecule has 0 saturated heterocycles. The molecular weight excluding hydrogens is 239 g/mol. The van der Waals surface area contributed by atoms with Gasteiger partial charge in [0.25, 0.3) is 0 Å². The molecule has 2 rings (SSSR count). The molecule has 0 saturated carbocycles. The van der Waals surface area contributed by atoms with Crippen LogP contribution in [0.5, 0.6) is 5.75 Å². The quantitative estimate of drug-likeness (QED) is 0.693. The smallest absolute Gasteiger partial charge is 0.137 e. The minimum Gasteiger partial charge on any atom is -0.492 e. The summed E-state index contributed by atoms with van der Waals surface area (Å²) >= 11 is 9.23. The number of hydrogen-bond acceptors (Lipinski definition) is 1. The number of benzene rings is 1. The van der Waals surface area contributed by atoms with E-state index in [1.807, 2.05) is 12.1 Å². The lowest BCUT2D eigenvalue weighted by atomic mass is 10.1. The van der Waals surface area contributed by atoms with Crippen molar-refractivity contribution in [1.29, 1.82) is 0 Å². The maximum absolute atomic E-state index is 5.79. The maximum atomic E-state index is 5.79. The van der Waals surface area contributed by atoms with Crippen molar-refractivity contribution in [3.63, 3.8) is 0 Å². The Morgan fingerprint density at radius 1 is 1.50 bits per heavy atom. The molecule has 0 spiro atoms. The monoisotopic (exact) mass is 246 g/mol. The first-order valence-corrected chi connectivity index (χ1v) is 5.14. The van der Waals surface area contributed by atoms with Crippen molar-refractivity contribution >= 4 is 27.5 Å². The predicted molar refractivity (Wildman–Crippen MR) is 52.9 cm³/mol. The zero-order valence-corrected chi connectivity index (χ0v) is 8.78. The van der Waals surface area contributed by atoms with Crippen LogP contribution in [0.2, 0.25) is 0 Å². The first-order valence-electron chi connectivity index (χ1n) is 3.82. The standard InChI is InChI=1S/C9H8BrClO/c10-8-2-1-6(5-11)7-3-4-12-9(7)8/h1-2H,3-5H2. The van der Waals surface area contributed by atoms with Crippen molar-refractivity contribution in [3.05, 3.63) is 27.7 Å². The highest BCUT2D eigenvalue weighted by Crippen LogP contribution is 2.36. The van der Waals surface area contributed by atoms with Gasteiger partial charge in [0.05, 0.1) is 11.1 Å². The molecule has 0 N–H and O–H groups in total. The van der Waals surface area contributed by atoms with E-state index in [2.05, 4.69) is 15.9 Å². The molecule has 0 bridgehead atoms. The van der Waals surface area contributed by atoms with Gasteiger partial charge in [0.15, 0.2) is 0 Å². The highest BCUT2D eigenvalue weighted by atomic mass is 79.9. The Kier molecular flexibility index (Phi) is 2.28. The molecule has 0 atom stereocenters. The van der Waals surface area contributed by atoms with Gasteiger partial charge in [-0.25, -0.2) is 0 Å². The maximum Gasteiger partial charge on any atom is 0.137 e. The second-order valence-electron chi connectivity index (χ2n) is 2.75. The molecule has 12 heavy (non-hydrogen) atoms. The second kappa shape index (κ2) is 3.27. The van der Waals surface area contributed by atoms with Gasteiger partial charge in [-0.05, 0) is 27.6 Å². The van der Waals surface area contributed by atoms with Gasteiger partial charge in [-0.2, -0.15) is 0 Å². The molecule has 0 aliphatic carbocycles. The van der Waals surface area contributed by atoms with E-state index in [0.717, 1.165) is 23.2 Å². The summed E-state index contributed by atoms with van der Waals surface area (Å²) in [5.41, 5.74) is 2.45. The fraction of sp³-hybridized carbons (Fsp3) is 0.333. The zero-order valence-electron chi connectivity index (χ0n) is 6.44. The van der Waals surface area contributed by atoms with Crippen LogP contribution in [0.4, 0.5) is 0 Å². The molecule has 64 valence electrons. The Bertz CT molecular complexity index is 312. The molecule has 1 aliphatic rings. The highest BCUT2D eigenvalue weighted by Gasteiger charge is 2.18. The Hall–Kier alpha value is -0.210. The summed E-state index contributed by atoms with van der Waals surface area (Å²) in [6, 6.07) is 4.03. The lowest BCUT2D eigenvalue weighted by molar-refractivity contribution is 0.355. The van der Waals surface area contributed by atoms with Gasteiger partial charge in [-0.3, -0.25) is 0 Å². The third-order valence-electron chi connectivity index (χ3n) is 2.05. The van der Waals surface area contributed by atoms with E-state index in [-0.39, 0.29) is 0 Å². The number of alkyl halides is 1. The summed E-state index contributed by atoms with van der Waals surface area (Å²) < 4.78 is 6.50.